The molecule has 0 atom stereocenters. The summed E-state index contributed by atoms with van der Waals surface area (Å²) < 4.78 is 25.5. The molecule has 3 rings (SSSR count). The van der Waals surface area contributed by atoms with Gasteiger partial charge in [0.1, 0.15) is 0 Å². The average molecular weight is 379 g/mol. The highest BCUT2D eigenvalue weighted by molar-refractivity contribution is 9.10. The maximum atomic E-state index is 12.3. The van der Waals surface area contributed by atoms with Crippen molar-refractivity contribution in [3.63, 3.8) is 0 Å². The summed E-state index contributed by atoms with van der Waals surface area (Å²) in [7, 11) is -3.63. The van der Waals surface area contributed by atoms with Crippen molar-refractivity contribution in [2.45, 2.75) is 24.7 Å². The number of nitrogens with zero attached hydrogens (tertiary/aromatic N) is 1. The number of aryl methyl sites for hydroxylation is 2. The molecule has 0 amide bonds. The zero-order valence-corrected chi connectivity index (χ0v) is 14.4. The molecule has 0 aliphatic heterocycles. The van der Waals surface area contributed by atoms with Crippen LogP contribution in [0.4, 0.5) is 0 Å². The van der Waals surface area contributed by atoms with Gasteiger partial charge in [-0.15, -0.1) is 0 Å². The van der Waals surface area contributed by atoms with Crippen molar-refractivity contribution in [2.24, 2.45) is 5.10 Å². The molecule has 0 fully saturated rings. The van der Waals surface area contributed by atoms with Gasteiger partial charge in [-0.3, -0.25) is 0 Å². The van der Waals surface area contributed by atoms with E-state index >= 15 is 0 Å². The Bertz CT molecular complexity index is 843. The van der Waals surface area contributed by atoms with Gasteiger partial charge < -0.3 is 0 Å². The normalized spacial score (nSPS) is 15.8. The molecule has 22 heavy (non-hydrogen) atoms. The Morgan fingerprint density at radius 1 is 1.09 bits per heavy atom. The minimum atomic E-state index is -3.63. The van der Waals surface area contributed by atoms with Crippen molar-refractivity contribution in [1.82, 2.24) is 4.83 Å². The van der Waals surface area contributed by atoms with E-state index in [0.29, 0.717) is 0 Å². The van der Waals surface area contributed by atoms with E-state index in [9.17, 15) is 8.42 Å². The van der Waals surface area contributed by atoms with Crippen molar-refractivity contribution in [2.75, 3.05) is 0 Å². The molecular weight excluding hydrogens is 364 g/mol. The number of sulfonamides is 1. The molecule has 0 radical (unpaired) electrons. The van der Waals surface area contributed by atoms with Crippen LogP contribution in [0.5, 0.6) is 0 Å². The summed E-state index contributed by atoms with van der Waals surface area (Å²) in [5.74, 6) is 0. The Hall–Kier alpha value is -1.66. The zero-order chi connectivity index (χ0) is 15.7. The van der Waals surface area contributed by atoms with Crippen molar-refractivity contribution >= 4 is 31.7 Å². The lowest BCUT2D eigenvalue weighted by Gasteiger charge is -2.06. The third kappa shape index (κ3) is 3.08. The second kappa shape index (κ2) is 5.85. The lowest BCUT2D eigenvalue weighted by atomic mass is 10.1. The fourth-order valence-corrected chi connectivity index (χ4v) is 3.62. The standard InChI is InChI=1S/C16H15BrN2O2S/c1-11-2-7-14(8-3-11)22(20,21)19-18-16-9-5-12-4-6-13(17)10-15(12)16/h2-4,6-8,10,19H,5,9H2,1H3/b18-16+. The van der Waals surface area contributed by atoms with Crippen LogP contribution < -0.4 is 4.83 Å². The van der Waals surface area contributed by atoms with Crippen LogP contribution in [-0.4, -0.2) is 14.1 Å². The number of nitrogens with one attached hydrogen (secondary N) is 1. The van der Waals surface area contributed by atoms with E-state index in [1.54, 1.807) is 24.3 Å². The second-order valence-electron chi connectivity index (χ2n) is 5.27. The molecule has 1 N–H and O–H groups in total. The highest BCUT2D eigenvalue weighted by Crippen LogP contribution is 2.25. The molecule has 0 saturated carbocycles. The molecule has 6 heteroatoms. The molecule has 2 aromatic carbocycles. The molecule has 0 heterocycles. The van der Waals surface area contributed by atoms with Gasteiger partial charge in [0.2, 0.25) is 0 Å². The van der Waals surface area contributed by atoms with E-state index in [2.05, 4.69) is 25.9 Å². The number of hydrogen-bond donors (Lipinski definition) is 1. The smallest absolute Gasteiger partial charge is 0.200 e. The number of hydrazone groups is 1. The molecule has 2 aromatic rings. The first kappa shape index (κ1) is 15.2. The maximum absolute atomic E-state index is 12.3. The van der Waals surface area contributed by atoms with E-state index in [-0.39, 0.29) is 4.90 Å². The first-order chi connectivity index (χ1) is 10.5. The molecule has 4 nitrogen and oxygen atoms in total. The maximum Gasteiger partial charge on any atom is 0.276 e. The SMILES string of the molecule is Cc1ccc(S(=O)(=O)N/N=C2\CCc3ccc(Br)cc32)cc1. The van der Waals surface area contributed by atoms with Gasteiger partial charge in [0.25, 0.3) is 10.0 Å². The first-order valence-electron chi connectivity index (χ1n) is 6.89. The van der Waals surface area contributed by atoms with Gasteiger partial charge in [-0.05, 0) is 49.6 Å². The van der Waals surface area contributed by atoms with E-state index in [4.69, 9.17) is 0 Å². The van der Waals surface area contributed by atoms with Gasteiger partial charge in [-0.2, -0.15) is 18.4 Å². The first-order valence-corrected chi connectivity index (χ1v) is 9.17. The van der Waals surface area contributed by atoms with Crippen LogP contribution in [0.25, 0.3) is 0 Å². The predicted octanol–water partition coefficient (Wildman–Crippen LogP) is 3.39. The number of halogens is 1. The third-order valence-corrected chi connectivity index (χ3v) is 5.36. The molecule has 114 valence electrons. The van der Waals surface area contributed by atoms with E-state index in [1.165, 1.54) is 5.56 Å². The highest BCUT2D eigenvalue weighted by atomic mass is 79.9. The molecule has 0 saturated heterocycles. The lowest BCUT2D eigenvalue weighted by Crippen LogP contribution is -2.20. The number of hydrogen-bond acceptors (Lipinski definition) is 3. The fourth-order valence-electron chi connectivity index (χ4n) is 2.42. The molecule has 0 bridgehead atoms. The topological polar surface area (TPSA) is 58.5 Å². The summed E-state index contributed by atoms with van der Waals surface area (Å²) in [5, 5.41) is 4.13. The highest BCUT2D eigenvalue weighted by Gasteiger charge is 2.19. The van der Waals surface area contributed by atoms with Crippen LogP contribution in [0.15, 0.2) is 56.9 Å². The van der Waals surface area contributed by atoms with Gasteiger partial charge in [-0.1, -0.05) is 39.7 Å². The molecule has 0 spiro atoms. The van der Waals surface area contributed by atoms with Crippen LogP contribution in [0.1, 0.15) is 23.1 Å². The Morgan fingerprint density at radius 3 is 2.55 bits per heavy atom. The van der Waals surface area contributed by atoms with Gasteiger partial charge in [0.15, 0.2) is 0 Å². The van der Waals surface area contributed by atoms with E-state index in [0.717, 1.165) is 34.2 Å². The predicted molar refractivity (Wildman–Crippen MR) is 90.5 cm³/mol. The van der Waals surface area contributed by atoms with Crippen LogP contribution in [-0.2, 0) is 16.4 Å². The molecule has 1 aliphatic rings. The summed E-state index contributed by atoms with van der Waals surface area (Å²) in [6, 6.07) is 12.7. The van der Waals surface area contributed by atoms with Crippen molar-refractivity contribution < 1.29 is 8.42 Å². The van der Waals surface area contributed by atoms with Crippen LogP contribution in [0.2, 0.25) is 0 Å². The Balaban J connectivity index is 1.86. The van der Waals surface area contributed by atoms with Crippen molar-refractivity contribution in [3.05, 3.63) is 63.6 Å². The summed E-state index contributed by atoms with van der Waals surface area (Å²) in [4.78, 5) is 2.56. The van der Waals surface area contributed by atoms with Crippen molar-refractivity contribution in [3.8, 4) is 0 Å². The molecular formula is C16H15BrN2O2S. The quantitative estimate of drug-likeness (QED) is 0.832. The molecule has 0 unspecified atom stereocenters. The summed E-state index contributed by atoms with van der Waals surface area (Å²) in [6.07, 6.45) is 1.62. The van der Waals surface area contributed by atoms with Gasteiger partial charge in [-0.25, -0.2) is 0 Å². The average Bonchev–Trinajstić information content (AvgIpc) is 2.88. The minimum Gasteiger partial charge on any atom is -0.200 e. The fraction of sp³-hybridized carbons (Fsp3) is 0.188. The Morgan fingerprint density at radius 2 is 1.82 bits per heavy atom. The molecule has 0 aromatic heterocycles. The third-order valence-electron chi connectivity index (χ3n) is 3.65. The molecule has 1 aliphatic carbocycles. The van der Waals surface area contributed by atoms with E-state index < -0.39 is 10.0 Å². The van der Waals surface area contributed by atoms with Gasteiger partial charge in [0.05, 0.1) is 10.6 Å². The van der Waals surface area contributed by atoms with E-state index in [1.807, 2.05) is 25.1 Å². The second-order valence-corrected chi connectivity index (χ2v) is 7.84. The van der Waals surface area contributed by atoms with Gasteiger partial charge in [0, 0.05) is 10.0 Å². The number of rotatable bonds is 3. The lowest BCUT2D eigenvalue weighted by molar-refractivity contribution is 0.584. The minimum absolute atomic E-state index is 0.218. The Kier molecular flexibility index (Phi) is 4.06. The Labute approximate surface area is 138 Å². The van der Waals surface area contributed by atoms with Crippen LogP contribution in [0, 0.1) is 6.92 Å². The zero-order valence-electron chi connectivity index (χ0n) is 12.0. The van der Waals surface area contributed by atoms with Gasteiger partial charge >= 0.3 is 0 Å². The largest absolute Gasteiger partial charge is 0.276 e. The summed E-state index contributed by atoms with van der Waals surface area (Å²) in [6.45, 7) is 1.91. The summed E-state index contributed by atoms with van der Waals surface area (Å²) in [5.41, 5.74) is 3.98. The summed E-state index contributed by atoms with van der Waals surface area (Å²) >= 11 is 3.43. The van der Waals surface area contributed by atoms with Crippen LogP contribution in [0.3, 0.4) is 0 Å². The van der Waals surface area contributed by atoms with Crippen LogP contribution >= 0.6 is 15.9 Å². The monoisotopic (exact) mass is 378 g/mol. The number of benzene rings is 2. The van der Waals surface area contributed by atoms with Crippen molar-refractivity contribution in [1.29, 1.82) is 0 Å². The number of fused-ring (bicyclic) bond motifs is 1.